The summed E-state index contributed by atoms with van der Waals surface area (Å²) in [7, 11) is -4.09. The van der Waals surface area contributed by atoms with Crippen LogP contribution in [0.4, 0.5) is 0 Å². The van der Waals surface area contributed by atoms with Crippen molar-refractivity contribution in [2.24, 2.45) is 0 Å². The van der Waals surface area contributed by atoms with Crippen LogP contribution in [0.2, 0.25) is 0 Å². The molecule has 0 bridgehead atoms. The Labute approximate surface area is 157 Å². The lowest BCUT2D eigenvalue weighted by atomic mass is 10.0. The molecule has 0 aromatic heterocycles. The van der Waals surface area contributed by atoms with Crippen LogP contribution in [0.25, 0.3) is 0 Å². The lowest BCUT2D eigenvalue weighted by Gasteiger charge is -2.04. The molecule has 0 saturated carbocycles. The fourth-order valence-corrected chi connectivity index (χ4v) is 3.50. The number of aryl methyl sites for hydroxylation is 1. The van der Waals surface area contributed by atoms with Crippen molar-refractivity contribution in [3.8, 4) is 0 Å². The zero-order valence-corrected chi connectivity index (χ0v) is 16.3. The predicted octanol–water partition coefficient (Wildman–Crippen LogP) is 5.24. The molecule has 0 spiro atoms. The van der Waals surface area contributed by atoms with Crippen LogP contribution in [0.15, 0.2) is 29.2 Å². The molecule has 0 atom stereocenters. The van der Waals surface area contributed by atoms with Gasteiger partial charge >= 0.3 is 5.97 Å². The Morgan fingerprint density at radius 2 is 1.15 bits per heavy atom. The summed E-state index contributed by atoms with van der Waals surface area (Å²) in [5.41, 5.74) is 1.10. The Morgan fingerprint density at radius 3 is 1.58 bits per heavy atom. The molecule has 0 aliphatic carbocycles. The van der Waals surface area contributed by atoms with Gasteiger partial charge in [0.2, 0.25) is 0 Å². The van der Waals surface area contributed by atoms with E-state index in [4.69, 9.17) is 9.66 Å². The molecule has 5 nitrogen and oxygen atoms in total. The molecule has 0 heterocycles. The van der Waals surface area contributed by atoms with Gasteiger partial charge in [0.1, 0.15) is 0 Å². The van der Waals surface area contributed by atoms with Gasteiger partial charge in [-0.3, -0.25) is 9.35 Å². The van der Waals surface area contributed by atoms with Crippen LogP contribution in [-0.4, -0.2) is 24.0 Å². The molecule has 6 heteroatoms. The van der Waals surface area contributed by atoms with Gasteiger partial charge in [-0.05, 0) is 37.0 Å². The van der Waals surface area contributed by atoms with Gasteiger partial charge in [-0.1, -0.05) is 69.9 Å². The number of unbranched alkanes of at least 4 members (excludes halogenated alkanes) is 10. The molecule has 2 N–H and O–H groups in total. The van der Waals surface area contributed by atoms with Crippen LogP contribution < -0.4 is 0 Å². The molecular weight excluding hydrogens is 352 g/mol. The van der Waals surface area contributed by atoms with E-state index in [1.54, 1.807) is 12.1 Å². The molecule has 1 rings (SSSR count). The molecular formula is C20H32O5S. The maximum atomic E-state index is 11.0. The monoisotopic (exact) mass is 384 g/mol. The lowest BCUT2D eigenvalue weighted by Crippen LogP contribution is -1.98. The number of carbonyl (C=O) groups is 1. The minimum Gasteiger partial charge on any atom is -0.481 e. The smallest absolute Gasteiger partial charge is 0.303 e. The van der Waals surface area contributed by atoms with E-state index in [0.29, 0.717) is 6.42 Å². The topological polar surface area (TPSA) is 91.7 Å². The first-order valence-corrected chi connectivity index (χ1v) is 11.1. The van der Waals surface area contributed by atoms with E-state index < -0.39 is 16.1 Å². The standard InChI is InChI=1S/C20H32O5S/c21-20(22)13-11-9-7-5-3-1-2-4-6-8-10-12-18-14-16-19(17-15-18)26(23,24)25/h14-17H,1-13H2,(H,21,22)(H,23,24,25). The number of carboxylic acid groups (broad SMARTS) is 1. The van der Waals surface area contributed by atoms with Crippen molar-refractivity contribution < 1.29 is 22.9 Å². The van der Waals surface area contributed by atoms with Gasteiger partial charge in [0.15, 0.2) is 0 Å². The number of hydrogen-bond donors (Lipinski definition) is 2. The van der Waals surface area contributed by atoms with E-state index in [1.165, 1.54) is 57.1 Å². The van der Waals surface area contributed by atoms with Gasteiger partial charge in [-0.15, -0.1) is 0 Å². The third-order valence-corrected chi connectivity index (χ3v) is 5.45. The van der Waals surface area contributed by atoms with E-state index in [-0.39, 0.29) is 4.90 Å². The first kappa shape index (κ1) is 22.6. The molecule has 0 unspecified atom stereocenters. The van der Waals surface area contributed by atoms with Crippen molar-refractivity contribution >= 4 is 16.1 Å². The third-order valence-electron chi connectivity index (χ3n) is 4.58. The van der Waals surface area contributed by atoms with Crippen molar-refractivity contribution in [3.63, 3.8) is 0 Å². The average Bonchev–Trinajstić information content (AvgIpc) is 2.58. The third kappa shape index (κ3) is 11.3. The highest BCUT2D eigenvalue weighted by atomic mass is 32.2. The van der Waals surface area contributed by atoms with Gasteiger partial charge < -0.3 is 5.11 Å². The Bertz CT molecular complexity index is 608. The van der Waals surface area contributed by atoms with Crippen molar-refractivity contribution in [1.82, 2.24) is 0 Å². The summed E-state index contributed by atoms with van der Waals surface area (Å²) in [6.07, 6.45) is 13.9. The first-order chi connectivity index (χ1) is 12.4. The molecule has 1 aromatic rings. The highest BCUT2D eigenvalue weighted by Crippen LogP contribution is 2.15. The fraction of sp³-hybridized carbons (Fsp3) is 0.650. The van der Waals surface area contributed by atoms with Crippen molar-refractivity contribution in [3.05, 3.63) is 29.8 Å². The molecule has 0 saturated heterocycles. The normalized spacial score (nSPS) is 11.6. The van der Waals surface area contributed by atoms with Gasteiger partial charge in [-0.2, -0.15) is 8.42 Å². The van der Waals surface area contributed by atoms with Gasteiger partial charge in [-0.25, -0.2) is 0 Å². The van der Waals surface area contributed by atoms with Gasteiger partial charge in [0, 0.05) is 6.42 Å². The van der Waals surface area contributed by atoms with Gasteiger partial charge in [0.25, 0.3) is 10.1 Å². The quantitative estimate of drug-likeness (QED) is 0.319. The van der Waals surface area contributed by atoms with Crippen molar-refractivity contribution in [1.29, 1.82) is 0 Å². The number of carboxylic acids is 1. The van der Waals surface area contributed by atoms with Crippen LogP contribution in [0.3, 0.4) is 0 Å². The Hall–Kier alpha value is -1.40. The van der Waals surface area contributed by atoms with Crippen molar-refractivity contribution in [2.75, 3.05) is 0 Å². The van der Waals surface area contributed by atoms with E-state index in [0.717, 1.165) is 37.7 Å². The zero-order valence-electron chi connectivity index (χ0n) is 15.5. The minimum atomic E-state index is -4.09. The SMILES string of the molecule is O=C(O)CCCCCCCCCCCCCc1ccc(S(=O)(=O)O)cc1. The second-order valence-electron chi connectivity index (χ2n) is 6.90. The largest absolute Gasteiger partial charge is 0.481 e. The molecule has 0 radical (unpaired) electrons. The highest BCUT2D eigenvalue weighted by molar-refractivity contribution is 7.85. The molecule has 26 heavy (non-hydrogen) atoms. The second-order valence-corrected chi connectivity index (χ2v) is 8.32. The summed E-state index contributed by atoms with van der Waals surface area (Å²) in [6.45, 7) is 0. The zero-order chi connectivity index (χ0) is 19.3. The summed E-state index contributed by atoms with van der Waals surface area (Å²) in [6, 6.07) is 6.43. The van der Waals surface area contributed by atoms with Crippen LogP contribution >= 0.6 is 0 Å². The van der Waals surface area contributed by atoms with Crippen LogP contribution in [0, 0.1) is 0 Å². The van der Waals surface area contributed by atoms with E-state index in [1.807, 2.05) is 0 Å². The maximum absolute atomic E-state index is 11.0. The first-order valence-electron chi connectivity index (χ1n) is 9.68. The molecule has 1 aromatic carbocycles. The molecule has 148 valence electrons. The van der Waals surface area contributed by atoms with Crippen LogP contribution in [-0.2, 0) is 21.3 Å². The van der Waals surface area contributed by atoms with Crippen LogP contribution in [0.1, 0.15) is 82.6 Å². The number of benzene rings is 1. The number of aliphatic carboxylic acids is 1. The van der Waals surface area contributed by atoms with Crippen LogP contribution in [0.5, 0.6) is 0 Å². The Balaban J connectivity index is 1.93. The molecule has 0 fully saturated rings. The molecule has 0 aliphatic heterocycles. The summed E-state index contributed by atoms with van der Waals surface area (Å²) >= 11 is 0. The van der Waals surface area contributed by atoms with Gasteiger partial charge in [0.05, 0.1) is 4.90 Å². The maximum Gasteiger partial charge on any atom is 0.303 e. The Morgan fingerprint density at radius 1 is 0.731 bits per heavy atom. The molecule has 0 aliphatic rings. The number of rotatable bonds is 15. The average molecular weight is 385 g/mol. The highest BCUT2D eigenvalue weighted by Gasteiger charge is 2.08. The Kier molecular flexibility index (Phi) is 11.2. The van der Waals surface area contributed by atoms with E-state index >= 15 is 0 Å². The van der Waals surface area contributed by atoms with Crippen molar-refractivity contribution in [2.45, 2.75) is 88.4 Å². The van der Waals surface area contributed by atoms with E-state index in [2.05, 4.69) is 0 Å². The summed E-state index contributed by atoms with van der Waals surface area (Å²) in [4.78, 5) is 10.3. The predicted molar refractivity (Wildman–Crippen MR) is 103 cm³/mol. The summed E-state index contributed by atoms with van der Waals surface area (Å²) < 4.78 is 30.9. The lowest BCUT2D eigenvalue weighted by molar-refractivity contribution is -0.137. The molecule has 0 amide bonds. The number of hydrogen-bond acceptors (Lipinski definition) is 3. The summed E-state index contributed by atoms with van der Waals surface area (Å²) in [5.74, 6) is -0.694. The fourth-order valence-electron chi connectivity index (χ4n) is 3.02. The minimum absolute atomic E-state index is 0.0527. The summed E-state index contributed by atoms with van der Waals surface area (Å²) in [5, 5.41) is 8.55. The second kappa shape index (κ2) is 12.9. The van der Waals surface area contributed by atoms with E-state index in [9.17, 15) is 13.2 Å².